The highest BCUT2D eigenvalue weighted by atomic mass is 35.5. The van der Waals surface area contributed by atoms with Gasteiger partial charge in [-0.05, 0) is 18.6 Å². The predicted octanol–water partition coefficient (Wildman–Crippen LogP) is 3.41. The quantitative estimate of drug-likeness (QED) is 0.845. The second-order valence-electron chi connectivity index (χ2n) is 4.98. The van der Waals surface area contributed by atoms with Gasteiger partial charge in [-0.1, -0.05) is 35.3 Å². The van der Waals surface area contributed by atoms with Crippen molar-refractivity contribution >= 4 is 55.4 Å². The highest BCUT2D eigenvalue weighted by molar-refractivity contribution is 7.92. The molecule has 2 rings (SSSR count). The van der Waals surface area contributed by atoms with Crippen LogP contribution in [0, 0.1) is 0 Å². The molecule has 0 saturated heterocycles. The summed E-state index contributed by atoms with van der Waals surface area (Å²) < 4.78 is 22.7. The van der Waals surface area contributed by atoms with E-state index < -0.39 is 21.0 Å². The van der Waals surface area contributed by atoms with E-state index in [0.29, 0.717) is 21.6 Å². The third-order valence-electron chi connectivity index (χ3n) is 3.19. The van der Waals surface area contributed by atoms with Crippen molar-refractivity contribution in [3.63, 3.8) is 0 Å². The van der Waals surface area contributed by atoms with E-state index in [4.69, 9.17) is 23.2 Å². The molecular weight excluding hydrogens is 379 g/mol. The number of hydrogen-bond donors (Lipinski definition) is 1. The standard InChI is InChI=1S/C14H14Cl2N2O3S2/c1-8(23(2,20)21)13(19)18-14-17-7-10(22-14)6-9-4-3-5-11(15)12(9)16/h3-5,7-8H,6H2,1-2H3,(H,17,18,19). The Hall–Kier alpha value is -1.15. The Bertz CT molecular complexity index is 834. The second-order valence-corrected chi connectivity index (χ2v) is 9.25. The molecule has 23 heavy (non-hydrogen) atoms. The van der Waals surface area contributed by atoms with Crippen molar-refractivity contribution in [1.29, 1.82) is 0 Å². The Kier molecular flexibility index (Phi) is 5.67. The number of anilines is 1. The number of carbonyl (C=O) groups is 1. The van der Waals surface area contributed by atoms with E-state index in [0.717, 1.165) is 16.7 Å². The van der Waals surface area contributed by atoms with Crippen molar-refractivity contribution < 1.29 is 13.2 Å². The van der Waals surface area contributed by atoms with Crippen molar-refractivity contribution in [3.05, 3.63) is 44.9 Å². The van der Waals surface area contributed by atoms with Crippen LogP contribution in [0.1, 0.15) is 17.4 Å². The van der Waals surface area contributed by atoms with Gasteiger partial charge in [0.05, 0.1) is 10.0 Å². The zero-order chi connectivity index (χ0) is 17.2. The van der Waals surface area contributed by atoms with E-state index in [1.807, 2.05) is 6.07 Å². The monoisotopic (exact) mass is 392 g/mol. The molecule has 1 unspecified atom stereocenters. The first kappa shape index (κ1) is 18.2. The van der Waals surface area contributed by atoms with E-state index in [1.54, 1.807) is 18.3 Å². The number of carbonyl (C=O) groups excluding carboxylic acids is 1. The molecule has 0 spiro atoms. The lowest BCUT2D eigenvalue weighted by Crippen LogP contribution is -2.31. The van der Waals surface area contributed by atoms with Crippen LogP contribution in [0.25, 0.3) is 0 Å². The van der Waals surface area contributed by atoms with E-state index in [-0.39, 0.29) is 0 Å². The molecule has 0 saturated carbocycles. The lowest BCUT2D eigenvalue weighted by atomic mass is 10.1. The van der Waals surface area contributed by atoms with Gasteiger partial charge < -0.3 is 5.32 Å². The fourth-order valence-corrected chi connectivity index (χ4v) is 3.39. The highest BCUT2D eigenvalue weighted by Crippen LogP contribution is 2.29. The Balaban J connectivity index is 2.09. The molecule has 1 atom stereocenters. The van der Waals surface area contributed by atoms with Gasteiger partial charge in [0.25, 0.3) is 0 Å². The van der Waals surface area contributed by atoms with Crippen LogP contribution in [0.4, 0.5) is 5.13 Å². The average molecular weight is 393 g/mol. The Morgan fingerprint density at radius 1 is 1.39 bits per heavy atom. The molecule has 0 aliphatic rings. The number of amides is 1. The first-order valence-electron chi connectivity index (χ1n) is 6.56. The third kappa shape index (κ3) is 4.67. The van der Waals surface area contributed by atoms with Gasteiger partial charge in [-0.15, -0.1) is 11.3 Å². The minimum Gasteiger partial charge on any atom is -0.301 e. The molecular formula is C14H14Cl2N2O3S2. The molecule has 0 aliphatic heterocycles. The summed E-state index contributed by atoms with van der Waals surface area (Å²) >= 11 is 13.4. The Morgan fingerprint density at radius 2 is 2.09 bits per heavy atom. The van der Waals surface area contributed by atoms with Crippen LogP contribution >= 0.6 is 34.5 Å². The zero-order valence-corrected chi connectivity index (χ0v) is 15.5. The molecule has 0 bridgehead atoms. The molecule has 0 fully saturated rings. The van der Waals surface area contributed by atoms with E-state index in [2.05, 4.69) is 10.3 Å². The number of sulfone groups is 1. The molecule has 124 valence electrons. The summed E-state index contributed by atoms with van der Waals surface area (Å²) in [4.78, 5) is 16.8. The van der Waals surface area contributed by atoms with Crippen molar-refractivity contribution in [2.45, 2.75) is 18.6 Å². The lowest BCUT2D eigenvalue weighted by Gasteiger charge is -2.07. The van der Waals surface area contributed by atoms with E-state index in [1.165, 1.54) is 18.3 Å². The van der Waals surface area contributed by atoms with Crippen LogP contribution in [0.15, 0.2) is 24.4 Å². The maximum atomic E-state index is 11.9. The van der Waals surface area contributed by atoms with Gasteiger partial charge in [-0.25, -0.2) is 13.4 Å². The Morgan fingerprint density at radius 3 is 2.74 bits per heavy atom. The minimum absolute atomic E-state index is 0.346. The summed E-state index contributed by atoms with van der Waals surface area (Å²) in [6.45, 7) is 1.34. The first-order valence-corrected chi connectivity index (χ1v) is 10.1. The zero-order valence-electron chi connectivity index (χ0n) is 12.3. The summed E-state index contributed by atoms with van der Waals surface area (Å²) in [5.41, 5.74) is 0.852. The number of halogens is 2. The molecule has 1 aromatic heterocycles. The number of thiazole rings is 1. The minimum atomic E-state index is -3.44. The molecule has 1 aromatic carbocycles. The molecule has 1 heterocycles. The second kappa shape index (κ2) is 7.17. The fraction of sp³-hybridized carbons (Fsp3) is 0.286. The van der Waals surface area contributed by atoms with Crippen LogP contribution in [0.2, 0.25) is 10.0 Å². The van der Waals surface area contributed by atoms with Gasteiger partial charge in [0.1, 0.15) is 5.25 Å². The van der Waals surface area contributed by atoms with Gasteiger partial charge in [-0.3, -0.25) is 4.79 Å². The van der Waals surface area contributed by atoms with Gasteiger partial charge >= 0.3 is 0 Å². The third-order valence-corrected chi connectivity index (χ3v) is 6.46. The predicted molar refractivity (Wildman–Crippen MR) is 94.3 cm³/mol. The van der Waals surface area contributed by atoms with Crippen LogP contribution < -0.4 is 5.32 Å². The van der Waals surface area contributed by atoms with Crippen molar-refractivity contribution in [1.82, 2.24) is 4.98 Å². The van der Waals surface area contributed by atoms with Crippen LogP contribution in [-0.4, -0.2) is 30.8 Å². The Labute approximate surface area is 148 Å². The largest absolute Gasteiger partial charge is 0.301 e. The molecule has 5 nitrogen and oxygen atoms in total. The average Bonchev–Trinajstić information content (AvgIpc) is 2.89. The SMILES string of the molecule is CC(C(=O)Nc1ncc(Cc2cccc(Cl)c2Cl)s1)S(C)(=O)=O. The van der Waals surface area contributed by atoms with Crippen LogP contribution in [0.3, 0.4) is 0 Å². The summed E-state index contributed by atoms with van der Waals surface area (Å²) in [6.07, 6.45) is 3.16. The lowest BCUT2D eigenvalue weighted by molar-refractivity contribution is -0.115. The number of hydrogen-bond acceptors (Lipinski definition) is 5. The summed E-state index contributed by atoms with van der Waals surface area (Å²) in [6, 6.07) is 5.37. The van der Waals surface area contributed by atoms with Crippen LogP contribution in [0.5, 0.6) is 0 Å². The summed E-state index contributed by atoms with van der Waals surface area (Å²) in [5, 5.41) is 2.69. The number of nitrogens with zero attached hydrogens (tertiary/aromatic N) is 1. The molecule has 1 amide bonds. The maximum Gasteiger partial charge on any atom is 0.244 e. The number of aromatic nitrogens is 1. The van der Waals surface area contributed by atoms with Crippen molar-refractivity contribution in [2.75, 3.05) is 11.6 Å². The van der Waals surface area contributed by atoms with Gasteiger partial charge in [-0.2, -0.15) is 0 Å². The molecule has 2 aromatic rings. The summed E-state index contributed by atoms with van der Waals surface area (Å²) in [7, 11) is -3.44. The highest BCUT2D eigenvalue weighted by Gasteiger charge is 2.24. The summed E-state index contributed by atoms with van der Waals surface area (Å²) in [5.74, 6) is -0.603. The molecule has 0 aliphatic carbocycles. The number of rotatable bonds is 5. The molecule has 0 radical (unpaired) electrons. The number of nitrogens with one attached hydrogen (secondary N) is 1. The molecule has 9 heteroatoms. The maximum absolute atomic E-state index is 11.9. The van der Waals surface area contributed by atoms with Crippen molar-refractivity contribution in [2.24, 2.45) is 0 Å². The van der Waals surface area contributed by atoms with E-state index in [9.17, 15) is 13.2 Å². The fourth-order valence-electron chi connectivity index (χ4n) is 1.72. The van der Waals surface area contributed by atoms with E-state index >= 15 is 0 Å². The normalized spacial score (nSPS) is 12.9. The topological polar surface area (TPSA) is 76.1 Å². The first-order chi connectivity index (χ1) is 10.7. The van der Waals surface area contributed by atoms with Gasteiger partial charge in [0.2, 0.25) is 5.91 Å². The van der Waals surface area contributed by atoms with Gasteiger partial charge in [0, 0.05) is 23.8 Å². The smallest absolute Gasteiger partial charge is 0.244 e. The molecule has 1 N–H and O–H groups in total. The van der Waals surface area contributed by atoms with Crippen molar-refractivity contribution in [3.8, 4) is 0 Å². The van der Waals surface area contributed by atoms with Crippen LogP contribution in [-0.2, 0) is 21.1 Å². The van der Waals surface area contributed by atoms with Gasteiger partial charge in [0.15, 0.2) is 15.0 Å². The number of benzene rings is 1.